The Labute approximate surface area is 127 Å². The summed E-state index contributed by atoms with van der Waals surface area (Å²) in [6.07, 6.45) is 0. The molecule has 2 aromatic carbocycles. The minimum absolute atomic E-state index is 0.170. The number of nitrogens with two attached hydrogens (primary N) is 1. The zero-order chi connectivity index (χ0) is 14.7. The number of hydrogen-bond donors (Lipinski definition) is 1. The van der Waals surface area contributed by atoms with Crippen molar-refractivity contribution in [1.29, 1.82) is 0 Å². The number of carbonyl (C=O) groups excluding carboxylic acids is 1. The second-order valence-corrected chi connectivity index (χ2v) is 4.95. The van der Waals surface area contributed by atoms with Crippen LogP contribution in [0.5, 0.6) is 5.75 Å². The van der Waals surface area contributed by atoms with Gasteiger partial charge in [-0.15, -0.1) is 0 Å². The largest absolute Gasteiger partial charge is 0.494 e. The number of benzene rings is 2. The van der Waals surface area contributed by atoms with Crippen molar-refractivity contribution >= 4 is 34.7 Å². The minimum atomic E-state index is -0.170. The number of ether oxygens (including phenoxy) is 1. The first kappa shape index (κ1) is 14.7. The molecule has 0 bridgehead atoms. The molecule has 0 spiro atoms. The summed E-state index contributed by atoms with van der Waals surface area (Å²) in [5.41, 5.74) is 6.86. The van der Waals surface area contributed by atoms with Gasteiger partial charge in [-0.1, -0.05) is 23.2 Å². The Morgan fingerprint density at radius 1 is 1.10 bits per heavy atom. The van der Waals surface area contributed by atoms with Crippen LogP contribution in [-0.4, -0.2) is 12.4 Å². The minimum Gasteiger partial charge on any atom is -0.494 e. The first-order valence-electron chi connectivity index (χ1n) is 6.05. The van der Waals surface area contributed by atoms with Crippen molar-refractivity contribution in [3.8, 4) is 5.75 Å². The molecule has 3 nitrogen and oxygen atoms in total. The summed E-state index contributed by atoms with van der Waals surface area (Å²) in [7, 11) is 0. The molecule has 0 atom stereocenters. The second kappa shape index (κ2) is 6.16. The number of ketones is 1. The predicted octanol–water partition coefficient (Wildman–Crippen LogP) is 4.21. The molecule has 0 radical (unpaired) electrons. The van der Waals surface area contributed by atoms with Crippen molar-refractivity contribution in [2.24, 2.45) is 0 Å². The molecule has 5 heteroatoms. The number of carbonyl (C=O) groups is 1. The highest BCUT2D eigenvalue weighted by Crippen LogP contribution is 2.30. The van der Waals surface area contributed by atoms with E-state index >= 15 is 0 Å². The van der Waals surface area contributed by atoms with Crippen molar-refractivity contribution in [1.82, 2.24) is 0 Å². The van der Waals surface area contributed by atoms with Crippen molar-refractivity contribution in [3.63, 3.8) is 0 Å². The highest BCUT2D eigenvalue weighted by atomic mass is 35.5. The van der Waals surface area contributed by atoms with Crippen molar-refractivity contribution in [3.05, 3.63) is 57.6 Å². The molecular formula is C15H13Cl2NO2. The van der Waals surface area contributed by atoms with Gasteiger partial charge in [0.1, 0.15) is 5.75 Å². The van der Waals surface area contributed by atoms with Gasteiger partial charge in [0.2, 0.25) is 0 Å². The van der Waals surface area contributed by atoms with E-state index < -0.39 is 0 Å². The van der Waals surface area contributed by atoms with Gasteiger partial charge in [0.25, 0.3) is 0 Å². The van der Waals surface area contributed by atoms with E-state index in [4.69, 9.17) is 33.7 Å². The molecule has 104 valence electrons. The van der Waals surface area contributed by atoms with E-state index in [0.29, 0.717) is 17.7 Å². The third-order valence-electron chi connectivity index (χ3n) is 2.77. The van der Waals surface area contributed by atoms with Crippen LogP contribution in [0.2, 0.25) is 10.0 Å². The van der Waals surface area contributed by atoms with E-state index in [-0.39, 0.29) is 21.5 Å². The van der Waals surface area contributed by atoms with Crippen LogP contribution < -0.4 is 10.5 Å². The van der Waals surface area contributed by atoms with Gasteiger partial charge in [0.15, 0.2) is 5.78 Å². The van der Waals surface area contributed by atoms with Crippen LogP contribution in [0.15, 0.2) is 36.4 Å². The first-order valence-corrected chi connectivity index (χ1v) is 6.80. The second-order valence-electron chi connectivity index (χ2n) is 4.14. The summed E-state index contributed by atoms with van der Waals surface area (Å²) in [5, 5.41) is 0.540. The SMILES string of the molecule is CCOc1ccc(C(=O)c2cc(Cl)c(N)c(Cl)c2)cc1. The number of nitrogen functional groups attached to an aromatic ring is 1. The van der Waals surface area contributed by atoms with Gasteiger partial charge < -0.3 is 10.5 Å². The molecule has 0 saturated heterocycles. The highest BCUT2D eigenvalue weighted by Gasteiger charge is 2.13. The lowest BCUT2D eigenvalue weighted by atomic mass is 10.0. The van der Waals surface area contributed by atoms with E-state index in [1.807, 2.05) is 6.92 Å². The molecule has 0 fully saturated rings. The molecule has 0 aliphatic carbocycles. The van der Waals surface area contributed by atoms with Crippen LogP contribution in [0.1, 0.15) is 22.8 Å². The van der Waals surface area contributed by atoms with Gasteiger partial charge in [0, 0.05) is 11.1 Å². The molecule has 0 aliphatic rings. The summed E-state index contributed by atoms with van der Waals surface area (Å²) in [4.78, 5) is 12.3. The summed E-state index contributed by atoms with van der Waals surface area (Å²) in [5.74, 6) is 0.550. The van der Waals surface area contributed by atoms with Crippen molar-refractivity contribution < 1.29 is 9.53 Å². The lowest BCUT2D eigenvalue weighted by Gasteiger charge is -2.07. The predicted molar refractivity (Wildman–Crippen MR) is 81.9 cm³/mol. The van der Waals surface area contributed by atoms with E-state index in [1.165, 1.54) is 12.1 Å². The van der Waals surface area contributed by atoms with E-state index in [1.54, 1.807) is 24.3 Å². The average molecular weight is 310 g/mol. The molecule has 0 amide bonds. The van der Waals surface area contributed by atoms with Gasteiger partial charge in [-0.3, -0.25) is 4.79 Å². The van der Waals surface area contributed by atoms with Gasteiger partial charge in [0.05, 0.1) is 22.3 Å². The lowest BCUT2D eigenvalue weighted by molar-refractivity contribution is 0.103. The maximum Gasteiger partial charge on any atom is 0.193 e. The molecule has 2 rings (SSSR count). The van der Waals surface area contributed by atoms with Gasteiger partial charge in [-0.25, -0.2) is 0 Å². The molecule has 20 heavy (non-hydrogen) atoms. The van der Waals surface area contributed by atoms with Crippen LogP contribution >= 0.6 is 23.2 Å². The van der Waals surface area contributed by atoms with Crippen LogP contribution in [0.4, 0.5) is 5.69 Å². The third kappa shape index (κ3) is 3.06. The Kier molecular flexibility index (Phi) is 4.53. The van der Waals surface area contributed by atoms with Crippen LogP contribution in [0.25, 0.3) is 0 Å². The molecule has 0 heterocycles. The van der Waals surface area contributed by atoms with E-state index in [9.17, 15) is 4.79 Å². The number of hydrogen-bond acceptors (Lipinski definition) is 3. The summed E-state index contributed by atoms with van der Waals surface area (Å²) in [6.45, 7) is 2.48. The summed E-state index contributed by atoms with van der Waals surface area (Å²) >= 11 is 11.9. The number of anilines is 1. The van der Waals surface area contributed by atoms with Gasteiger partial charge >= 0.3 is 0 Å². The van der Waals surface area contributed by atoms with Gasteiger partial charge in [-0.2, -0.15) is 0 Å². The number of rotatable bonds is 4. The Hall–Kier alpha value is -1.71. The smallest absolute Gasteiger partial charge is 0.193 e. The zero-order valence-electron chi connectivity index (χ0n) is 10.8. The highest BCUT2D eigenvalue weighted by molar-refractivity contribution is 6.39. The van der Waals surface area contributed by atoms with Crippen molar-refractivity contribution in [2.75, 3.05) is 12.3 Å². The quantitative estimate of drug-likeness (QED) is 0.680. The normalized spacial score (nSPS) is 10.3. The number of halogens is 2. The Bertz CT molecular complexity index is 616. The molecule has 2 N–H and O–H groups in total. The van der Waals surface area contributed by atoms with Crippen molar-refractivity contribution in [2.45, 2.75) is 6.92 Å². The monoisotopic (exact) mass is 309 g/mol. The Morgan fingerprint density at radius 2 is 1.65 bits per heavy atom. The maximum atomic E-state index is 12.3. The van der Waals surface area contributed by atoms with E-state index in [2.05, 4.69) is 0 Å². The van der Waals surface area contributed by atoms with Crippen LogP contribution in [0.3, 0.4) is 0 Å². The van der Waals surface area contributed by atoms with E-state index in [0.717, 1.165) is 5.75 Å². The summed E-state index contributed by atoms with van der Waals surface area (Å²) in [6, 6.07) is 9.93. The third-order valence-corrected chi connectivity index (χ3v) is 3.39. The van der Waals surface area contributed by atoms with Crippen LogP contribution in [0, 0.1) is 0 Å². The molecular weight excluding hydrogens is 297 g/mol. The Balaban J connectivity index is 2.31. The molecule has 2 aromatic rings. The topological polar surface area (TPSA) is 52.3 Å². The maximum absolute atomic E-state index is 12.3. The van der Waals surface area contributed by atoms with Gasteiger partial charge in [-0.05, 0) is 43.3 Å². The molecule has 0 unspecified atom stereocenters. The molecule has 0 aromatic heterocycles. The fraction of sp³-hybridized carbons (Fsp3) is 0.133. The summed E-state index contributed by atoms with van der Waals surface area (Å²) < 4.78 is 5.33. The average Bonchev–Trinajstić information content (AvgIpc) is 2.44. The standard InChI is InChI=1S/C15H13Cl2NO2/c1-2-20-11-5-3-9(4-6-11)15(19)10-7-12(16)14(18)13(17)8-10/h3-8H,2,18H2,1H3. The molecule has 0 saturated carbocycles. The fourth-order valence-electron chi connectivity index (χ4n) is 1.75. The fourth-order valence-corrected chi connectivity index (χ4v) is 2.24. The first-order chi connectivity index (χ1) is 9.52. The lowest BCUT2D eigenvalue weighted by Crippen LogP contribution is -2.03. The van der Waals surface area contributed by atoms with Crippen LogP contribution in [-0.2, 0) is 0 Å². The zero-order valence-corrected chi connectivity index (χ0v) is 12.3. The molecule has 0 aliphatic heterocycles. The Morgan fingerprint density at radius 3 is 2.15 bits per heavy atom.